The number of aliphatic imine (C=N–C) groups is 1. The Morgan fingerprint density at radius 1 is 1.24 bits per heavy atom. The second-order valence-electron chi connectivity index (χ2n) is 4.81. The molecule has 1 aliphatic heterocycles. The van der Waals surface area contributed by atoms with Crippen molar-refractivity contribution < 1.29 is 13.2 Å². The number of halogens is 4. The van der Waals surface area contributed by atoms with Crippen LogP contribution in [-0.2, 0) is 6.18 Å². The van der Waals surface area contributed by atoms with Crippen LogP contribution in [0.2, 0.25) is 0 Å². The summed E-state index contributed by atoms with van der Waals surface area (Å²) < 4.78 is 37.6. The van der Waals surface area contributed by atoms with Gasteiger partial charge in [0.25, 0.3) is 0 Å². The van der Waals surface area contributed by atoms with Gasteiger partial charge in [-0.1, -0.05) is 29.7 Å². The molecule has 1 aromatic rings. The third-order valence-corrected chi connectivity index (χ3v) is 3.81. The Balaban J connectivity index is 2.16. The molecule has 0 N–H and O–H groups in total. The molecule has 0 spiro atoms. The van der Waals surface area contributed by atoms with Crippen molar-refractivity contribution in [2.24, 2.45) is 4.99 Å². The van der Waals surface area contributed by atoms with Crippen LogP contribution in [0.3, 0.4) is 0 Å². The van der Waals surface area contributed by atoms with E-state index >= 15 is 0 Å². The predicted octanol–water partition coefficient (Wildman–Crippen LogP) is 4.78. The van der Waals surface area contributed by atoms with Crippen molar-refractivity contribution in [3.8, 4) is 12.3 Å². The van der Waals surface area contributed by atoms with E-state index in [4.69, 9.17) is 18.0 Å². The molecule has 0 fully saturated rings. The van der Waals surface area contributed by atoms with Crippen molar-refractivity contribution in [3.63, 3.8) is 0 Å². The summed E-state index contributed by atoms with van der Waals surface area (Å²) in [6.07, 6.45) is 3.86. The first-order chi connectivity index (χ1) is 9.91. The third-order valence-electron chi connectivity index (χ3n) is 3.42. The summed E-state index contributed by atoms with van der Waals surface area (Å²) >= 11 is 6.09. The summed E-state index contributed by atoms with van der Waals surface area (Å²) in [5.74, 6) is 2.51. The van der Waals surface area contributed by atoms with Crippen LogP contribution in [-0.4, -0.2) is 12.8 Å². The average molecular weight is 312 g/mol. The van der Waals surface area contributed by atoms with Crippen molar-refractivity contribution in [1.82, 2.24) is 0 Å². The zero-order chi connectivity index (χ0) is 15.5. The van der Waals surface area contributed by atoms with Crippen LogP contribution in [0.25, 0.3) is 0 Å². The molecule has 1 heterocycles. The highest BCUT2D eigenvalue weighted by Crippen LogP contribution is 2.32. The molecule has 0 saturated carbocycles. The highest BCUT2D eigenvalue weighted by molar-refractivity contribution is 6.31. The molecule has 1 aliphatic rings. The summed E-state index contributed by atoms with van der Waals surface area (Å²) in [4.78, 5) is 4.23. The maximum Gasteiger partial charge on any atom is 0.416 e. The van der Waals surface area contributed by atoms with Crippen LogP contribution in [0.1, 0.15) is 29.9 Å². The SMILES string of the molecule is C#C/C1=C(\Cl)CCC(c2ccc(C(F)(F)F)cc2)CN=C1. The second kappa shape index (κ2) is 6.36. The summed E-state index contributed by atoms with van der Waals surface area (Å²) in [7, 11) is 0. The van der Waals surface area contributed by atoms with E-state index in [2.05, 4.69) is 10.9 Å². The van der Waals surface area contributed by atoms with Gasteiger partial charge in [0.05, 0.1) is 11.1 Å². The van der Waals surface area contributed by atoms with E-state index in [1.807, 2.05) is 0 Å². The van der Waals surface area contributed by atoms with Crippen molar-refractivity contribution in [1.29, 1.82) is 0 Å². The van der Waals surface area contributed by atoms with Gasteiger partial charge in [0.2, 0.25) is 0 Å². The normalized spacial score (nSPS) is 23.3. The van der Waals surface area contributed by atoms with E-state index in [1.54, 1.807) is 6.21 Å². The Bertz CT molecular complexity index is 606. The molecule has 0 saturated heterocycles. The minimum Gasteiger partial charge on any atom is -0.291 e. The molecule has 0 radical (unpaired) electrons. The number of allylic oxidation sites excluding steroid dienone is 2. The lowest BCUT2D eigenvalue weighted by Crippen LogP contribution is -2.09. The number of hydrogen-bond acceptors (Lipinski definition) is 1. The zero-order valence-corrected chi connectivity index (χ0v) is 11.9. The van der Waals surface area contributed by atoms with Crippen LogP contribution in [0.5, 0.6) is 0 Å². The molecular formula is C16H13ClF3N. The fourth-order valence-electron chi connectivity index (χ4n) is 2.20. The summed E-state index contributed by atoms with van der Waals surface area (Å²) in [5.41, 5.74) is 0.754. The molecule has 1 nitrogen and oxygen atoms in total. The van der Waals surface area contributed by atoms with Crippen LogP contribution in [0.15, 0.2) is 39.9 Å². The monoisotopic (exact) mass is 311 g/mol. The molecule has 0 bridgehead atoms. The van der Waals surface area contributed by atoms with Gasteiger partial charge in [0.15, 0.2) is 0 Å². The van der Waals surface area contributed by atoms with E-state index in [9.17, 15) is 13.2 Å². The Morgan fingerprint density at radius 3 is 2.48 bits per heavy atom. The molecular weight excluding hydrogens is 299 g/mol. The summed E-state index contributed by atoms with van der Waals surface area (Å²) in [6.45, 7) is 0.487. The van der Waals surface area contributed by atoms with E-state index < -0.39 is 11.7 Å². The smallest absolute Gasteiger partial charge is 0.291 e. The van der Waals surface area contributed by atoms with Gasteiger partial charge in [-0.25, -0.2) is 0 Å². The van der Waals surface area contributed by atoms with Crippen LogP contribution >= 0.6 is 11.6 Å². The van der Waals surface area contributed by atoms with E-state index in [0.29, 0.717) is 30.0 Å². The van der Waals surface area contributed by atoms with Crippen LogP contribution < -0.4 is 0 Å². The lowest BCUT2D eigenvalue weighted by Gasteiger charge is -2.18. The molecule has 1 unspecified atom stereocenters. The first-order valence-electron chi connectivity index (χ1n) is 6.44. The Labute approximate surface area is 126 Å². The molecule has 21 heavy (non-hydrogen) atoms. The number of benzene rings is 1. The molecule has 110 valence electrons. The van der Waals surface area contributed by atoms with Gasteiger partial charge < -0.3 is 0 Å². The van der Waals surface area contributed by atoms with Gasteiger partial charge in [-0.05, 0) is 30.5 Å². The second-order valence-corrected chi connectivity index (χ2v) is 5.27. The van der Waals surface area contributed by atoms with Crippen molar-refractivity contribution in [2.75, 3.05) is 6.54 Å². The number of nitrogens with zero attached hydrogens (tertiary/aromatic N) is 1. The highest BCUT2D eigenvalue weighted by atomic mass is 35.5. The molecule has 2 rings (SSSR count). The topological polar surface area (TPSA) is 12.4 Å². The molecule has 0 aromatic heterocycles. The maximum atomic E-state index is 12.5. The van der Waals surface area contributed by atoms with Crippen LogP contribution in [0.4, 0.5) is 13.2 Å². The Morgan fingerprint density at radius 2 is 1.90 bits per heavy atom. The van der Waals surface area contributed by atoms with E-state index in [1.165, 1.54) is 12.1 Å². The average Bonchev–Trinajstić information content (AvgIpc) is 2.43. The zero-order valence-electron chi connectivity index (χ0n) is 11.1. The van der Waals surface area contributed by atoms with Gasteiger partial charge in [0.1, 0.15) is 0 Å². The van der Waals surface area contributed by atoms with Gasteiger partial charge in [-0.15, -0.1) is 6.42 Å². The lowest BCUT2D eigenvalue weighted by molar-refractivity contribution is -0.137. The van der Waals surface area contributed by atoms with Crippen molar-refractivity contribution in [3.05, 3.63) is 46.0 Å². The molecule has 1 atom stereocenters. The molecule has 0 amide bonds. The van der Waals surface area contributed by atoms with Gasteiger partial charge >= 0.3 is 6.18 Å². The number of hydrogen-bond donors (Lipinski definition) is 0. The van der Waals surface area contributed by atoms with E-state index in [-0.39, 0.29) is 5.92 Å². The number of alkyl halides is 3. The van der Waals surface area contributed by atoms with Gasteiger partial charge in [-0.2, -0.15) is 13.2 Å². The quantitative estimate of drug-likeness (QED) is 0.662. The number of terminal acetylenes is 1. The first kappa shape index (κ1) is 15.7. The van der Waals surface area contributed by atoms with Gasteiger partial charge in [0, 0.05) is 23.7 Å². The molecule has 5 heteroatoms. The van der Waals surface area contributed by atoms with Crippen LogP contribution in [0, 0.1) is 12.3 Å². The lowest BCUT2D eigenvalue weighted by atomic mass is 9.92. The minimum atomic E-state index is -4.31. The first-order valence-corrected chi connectivity index (χ1v) is 6.82. The third kappa shape index (κ3) is 3.89. The number of rotatable bonds is 1. The summed E-state index contributed by atoms with van der Waals surface area (Å²) in [6, 6.07) is 5.21. The van der Waals surface area contributed by atoms with E-state index in [0.717, 1.165) is 17.7 Å². The fraction of sp³-hybridized carbons (Fsp3) is 0.312. The Hall–Kier alpha value is -1.73. The highest BCUT2D eigenvalue weighted by Gasteiger charge is 2.30. The largest absolute Gasteiger partial charge is 0.416 e. The molecule has 1 aromatic carbocycles. The predicted molar refractivity (Wildman–Crippen MR) is 78.5 cm³/mol. The summed E-state index contributed by atoms with van der Waals surface area (Å²) in [5, 5.41) is 0.567. The van der Waals surface area contributed by atoms with Crippen molar-refractivity contribution >= 4 is 17.8 Å². The van der Waals surface area contributed by atoms with Crippen molar-refractivity contribution in [2.45, 2.75) is 24.9 Å². The maximum absolute atomic E-state index is 12.5. The Kier molecular flexibility index (Phi) is 4.74. The standard InChI is InChI=1S/C16H13ClF3N/c1-2-11-9-21-10-13(5-8-15(11)17)12-3-6-14(7-4-12)16(18,19)20/h1,3-4,6-7,9,13H,5,8,10H2/b15-11+,21-9?. The van der Waals surface area contributed by atoms with Gasteiger partial charge in [-0.3, -0.25) is 4.99 Å². The minimum absolute atomic E-state index is 0.0385. The molecule has 0 aliphatic carbocycles. The fourth-order valence-corrected chi connectivity index (χ4v) is 2.41.